The zero-order valence-corrected chi connectivity index (χ0v) is 16.7. The van der Waals surface area contributed by atoms with Crippen LogP contribution in [0, 0.1) is 0 Å². The minimum atomic E-state index is 1.49. The van der Waals surface area contributed by atoms with E-state index in [1.807, 2.05) is 59.3 Å². The third-order valence-corrected chi connectivity index (χ3v) is 3.38. The van der Waals surface area contributed by atoms with Crippen LogP contribution in [0.3, 0.4) is 0 Å². The zero-order chi connectivity index (χ0) is 19.8. The first-order chi connectivity index (χ1) is 14.0. The summed E-state index contributed by atoms with van der Waals surface area (Å²) in [5.41, 5.74) is 3.36. The van der Waals surface area contributed by atoms with Crippen LogP contribution >= 0.6 is 22.7 Å². The van der Waals surface area contributed by atoms with E-state index in [1.165, 1.54) is 11.3 Å². The maximum atomic E-state index is 3.78. The molecule has 0 spiro atoms. The van der Waals surface area contributed by atoms with Crippen LogP contribution in [0.1, 0.15) is 0 Å². The molecule has 5 aromatic rings. The van der Waals surface area contributed by atoms with Gasteiger partial charge in [0.1, 0.15) is 11.0 Å². The maximum Gasteiger partial charge on any atom is 0.103 e. The molecule has 5 aromatic heterocycles. The van der Waals surface area contributed by atoms with E-state index < -0.39 is 0 Å². The third kappa shape index (κ3) is 17.5. The summed E-state index contributed by atoms with van der Waals surface area (Å²) in [5.74, 6) is 0. The summed E-state index contributed by atoms with van der Waals surface area (Å²) in [6.07, 6.45) is 13.6. The first-order valence-electron chi connectivity index (χ1n) is 8.06. The van der Waals surface area contributed by atoms with Crippen LogP contribution in [0.2, 0.25) is 0 Å². The second-order valence-electron chi connectivity index (χ2n) is 4.31. The number of hydrogen-bond acceptors (Lipinski definition) is 8. The summed E-state index contributed by atoms with van der Waals surface area (Å²) in [5, 5.41) is 11.1. The molecule has 0 amide bonds. The lowest BCUT2D eigenvalue weighted by molar-refractivity contribution is 1.09. The number of pyridine rings is 2. The first kappa shape index (κ1) is 22.7. The van der Waals surface area contributed by atoms with E-state index in [1.54, 1.807) is 71.9 Å². The average molecular weight is 409 g/mol. The molecule has 0 aliphatic carbocycles. The molecule has 0 saturated carbocycles. The number of rotatable bonds is 0. The lowest BCUT2D eigenvalue weighted by Crippen LogP contribution is -1.66. The van der Waals surface area contributed by atoms with Crippen molar-refractivity contribution in [2.75, 3.05) is 0 Å². The molecule has 0 saturated heterocycles. The quantitative estimate of drug-likeness (QED) is 0.362. The zero-order valence-electron chi connectivity index (χ0n) is 15.0. The van der Waals surface area contributed by atoms with Crippen molar-refractivity contribution < 1.29 is 0 Å². The average Bonchev–Trinajstić information content (AvgIpc) is 3.58. The van der Waals surface area contributed by atoms with Crippen LogP contribution in [0.15, 0.2) is 120 Å². The van der Waals surface area contributed by atoms with E-state index in [-0.39, 0.29) is 0 Å². The summed E-state index contributed by atoms with van der Waals surface area (Å²) in [6, 6.07) is 15.5. The topological polar surface area (TPSA) is 77.3 Å². The Bertz CT molecular complexity index is 599. The molecule has 0 radical (unpaired) electrons. The minimum Gasteiger partial charge on any atom is -0.265 e. The Morgan fingerprint density at radius 1 is 0.357 bits per heavy atom. The third-order valence-electron chi connectivity index (χ3n) is 2.32. The van der Waals surface area contributed by atoms with Gasteiger partial charge in [0, 0.05) is 49.6 Å². The Balaban J connectivity index is 0.000000175. The van der Waals surface area contributed by atoms with E-state index in [2.05, 4.69) is 30.1 Å². The van der Waals surface area contributed by atoms with Crippen molar-refractivity contribution in [1.82, 2.24) is 30.1 Å². The molecule has 0 aromatic carbocycles. The smallest absolute Gasteiger partial charge is 0.103 e. The summed E-state index contributed by atoms with van der Waals surface area (Å²) in [7, 11) is 0. The number of hydrogen-bond donors (Lipinski definition) is 0. The molecule has 8 heteroatoms. The lowest BCUT2D eigenvalue weighted by Gasteiger charge is -1.70. The molecule has 0 aliphatic rings. The molecule has 0 fully saturated rings. The molecule has 0 bridgehead atoms. The fraction of sp³-hybridized carbons (Fsp3) is 0. The highest BCUT2D eigenvalue weighted by Crippen LogP contribution is 1.91. The Kier molecular flexibility index (Phi) is 16.2. The van der Waals surface area contributed by atoms with Crippen LogP contribution in [0.4, 0.5) is 0 Å². The van der Waals surface area contributed by atoms with Gasteiger partial charge in [-0.25, -0.2) is 0 Å². The van der Waals surface area contributed by atoms with Gasteiger partial charge in [0.15, 0.2) is 0 Å². The Hall–Kier alpha value is -3.36. The highest BCUT2D eigenvalue weighted by molar-refractivity contribution is 7.07. The van der Waals surface area contributed by atoms with E-state index in [9.17, 15) is 0 Å². The van der Waals surface area contributed by atoms with Gasteiger partial charge in [0.25, 0.3) is 0 Å². The van der Waals surface area contributed by atoms with Crippen LogP contribution in [-0.2, 0) is 0 Å². The molecule has 0 unspecified atom stereocenters. The van der Waals surface area contributed by atoms with Crippen LogP contribution in [0.25, 0.3) is 0 Å². The van der Waals surface area contributed by atoms with Crippen molar-refractivity contribution in [2.45, 2.75) is 0 Å². The van der Waals surface area contributed by atoms with Crippen molar-refractivity contribution >= 4 is 22.7 Å². The minimum absolute atomic E-state index is 1.49. The van der Waals surface area contributed by atoms with Crippen molar-refractivity contribution in [3.63, 3.8) is 0 Å². The highest BCUT2D eigenvalue weighted by Gasteiger charge is 1.61. The van der Waals surface area contributed by atoms with Gasteiger partial charge >= 0.3 is 0 Å². The molecular formula is C20H20N6S2. The van der Waals surface area contributed by atoms with Gasteiger partial charge < -0.3 is 0 Å². The van der Waals surface area contributed by atoms with Gasteiger partial charge in [0.05, 0.1) is 0 Å². The summed E-state index contributed by atoms with van der Waals surface area (Å²) in [4.78, 5) is 15.0. The maximum absolute atomic E-state index is 3.78. The Morgan fingerprint density at radius 2 is 0.750 bits per heavy atom. The monoisotopic (exact) mass is 408 g/mol. The molecule has 6 nitrogen and oxygen atoms in total. The van der Waals surface area contributed by atoms with Gasteiger partial charge in [-0.2, -0.15) is 11.3 Å². The summed E-state index contributed by atoms with van der Waals surface area (Å²) >= 11 is 3.20. The molecular weight excluding hydrogens is 388 g/mol. The standard InChI is InChI=1S/2C5H5N.C4H4N2.C4H4S.C2H2N2S/c2*1-2-4-6-5-3-1;1-2-6-4-3-5-1;1-2-4-5-3-1;1-3-4-2-5-1/h2*1-5H;1-4H;1-4H;1-2H. The van der Waals surface area contributed by atoms with Crippen molar-refractivity contribution in [1.29, 1.82) is 0 Å². The van der Waals surface area contributed by atoms with Gasteiger partial charge in [-0.05, 0) is 35.0 Å². The van der Waals surface area contributed by atoms with Crippen LogP contribution in [0.5, 0.6) is 0 Å². The van der Waals surface area contributed by atoms with E-state index in [4.69, 9.17) is 0 Å². The molecule has 0 N–H and O–H groups in total. The first-order valence-corrected chi connectivity index (χ1v) is 9.94. The highest BCUT2D eigenvalue weighted by atomic mass is 32.1. The lowest BCUT2D eigenvalue weighted by atomic mass is 10.5. The van der Waals surface area contributed by atoms with E-state index in [0.717, 1.165) is 0 Å². The number of aromatic nitrogens is 6. The fourth-order valence-electron chi connectivity index (χ4n) is 1.24. The second kappa shape index (κ2) is 20.0. The summed E-state index contributed by atoms with van der Waals surface area (Å²) in [6.45, 7) is 0. The molecule has 5 heterocycles. The Morgan fingerprint density at radius 3 is 0.893 bits per heavy atom. The predicted octanol–water partition coefficient (Wildman–Crippen LogP) is 4.93. The second-order valence-corrected chi connectivity index (χ2v) is 5.82. The molecule has 0 aliphatic heterocycles. The van der Waals surface area contributed by atoms with Gasteiger partial charge in [0.2, 0.25) is 0 Å². The fourth-order valence-corrected chi connectivity index (χ4v) is 1.97. The molecule has 28 heavy (non-hydrogen) atoms. The SMILES string of the molecule is c1ccncc1.c1ccncc1.c1ccsc1.c1cnccn1.c1nncs1. The van der Waals surface area contributed by atoms with E-state index >= 15 is 0 Å². The number of thiophene rings is 1. The van der Waals surface area contributed by atoms with Crippen molar-refractivity contribution in [3.8, 4) is 0 Å². The van der Waals surface area contributed by atoms with Crippen LogP contribution in [-0.4, -0.2) is 30.1 Å². The van der Waals surface area contributed by atoms with Crippen molar-refractivity contribution in [3.05, 3.63) is 120 Å². The molecule has 142 valence electrons. The molecule has 5 rings (SSSR count). The molecule has 0 atom stereocenters. The van der Waals surface area contributed by atoms with Crippen molar-refractivity contribution in [2.24, 2.45) is 0 Å². The summed E-state index contributed by atoms with van der Waals surface area (Å²) < 4.78 is 0. The van der Waals surface area contributed by atoms with Gasteiger partial charge in [-0.3, -0.25) is 19.9 Å². The van der Waals surface area contributed by atoms with E-state index in [0.29, 0.717) is 0 Å². The predicted molar refractivity (Wildman–Crippen MR) is 115 cm³/mol. The normalized spacial score (nSPS) is 8.00. The largest absolute Gasteiger partial charge is 0.265 e. The van der Waals surface area contributed by atoms with Gasteiger partial charge in [-0.15, -0.1) is 21.5 Å². The number of nitrogens with zero attached hydrogens (tertiary/aromatic N) is 6. The van der Waals surface area contributed by atoms with Crippen LogP contribution < -0.4 is 0 Å². The van der Waals surface area contributed by atoms with Gasteiger partial charge in [-0.1, -0.05) is 24.3 Å². The Labute approximate surface area is 172 Å².